The van der Waals surface area contributed by atoms with E-state index in [0.29, 0.717) is 11.3 Å². The molecule has 0 bridgehead atoms. The number of nitrogens with one attached hydrogen (secondary N) is 1. The van der Waals surface area contributed by atoms with Crippen LogP contribution in [0.2, 0.25) is 0 Å². The normalized spacial score (nSPS) is 23.1. The van der Waals surface area contributed by atoms with Crippen LogP contribution in [-0.4, -0.2) is 63.7 Å². The Bertz CT molecular complexity index is 1610. The number of primary amides is 1. The topological polar surface area (TPSA) is 200 Å². The number of aliphatic hydroxyl groups is 3. The fourth-order valence-electron chi connectivity index (χ4n) is 6.07. The molecule has 0 spiro atoms. The summed E-state index contributed by atoms with van der Waals surface area (Å²) >= 11 is 0. The molecule has 12 nitrogen and oxygen atoms in total. The van der Waals surface area contributed by atoms with E-state index in [1.54, 1.807) is 25.1 Å². The first-order chi connectivity index (χ1) is 19.7. The van der Waals surface area contributed by atoms with E-state index in [-0.39, 0.29) is 41.8 Å². The van der Waals surface area contributed by atoms with Crippen LogP contribution in [0.25, 0.3) is 5.76 Å². The van der Waals surface area contributed by atoms with Crippen LogP contribution in [0.4, 0.5) is 14.9 Å². The summed E-state index contributed by atoms with van der Waals surface area (Å²) in [6.45, 7) is -0.264. The van der Waals surface area contributed by atoms with Gasteiger partial charge in [-0.05, 0) is 54.7 Å². The molecule has 1 fully saturated rings. The minimum atomic E-state index is -2.67. The highest BCUT2D eigenvalue weighted by molar-refractivity contribution is 6.22. The van der Waals surface area contributed by atoms with Crippen molar-refractivity contribution in [2.75, 3.05) is 19.0 Å². The second-order valence-electron chi connectivity index (χ2n) is 10.8. The van der Waals surface area contributed by atoms with Crippen molar-refractivity contribution in [3.05, 3.63) is 69.7 Å². The van der Waals surface area contributed by atoms with E-state index < -0.39 is 76.1 Å². The van der Waals surface area contributed by atoms with Crippen molar-refractivity contribution >= 4 is 35.0 Å². The van der Waals surface area contributed by atoms with Crippen molar-refractivity contribution in [3.8, 4) is 11.5 Å². The number of carbonyl (C=O) groups is 4. The zero-order valence-corrected chi connectivity index (χ0v) is 22.6. The number of aliphatic hydroxyl groups excluding tert-OH is 2. The van der Waals surface area contributed by atoms with Gasteiger partial charge in [0.25, 0.3) is 5.91 Å². The molecule has 1 saturated carbocycles. The van der Waals surface area contributed by atoms with Gasteiger partial charge in [-0.25, -0.2) is 9.18 Å². The van der Waals surface area contributed by atoms with Crippen LogP contribution < -0.4 is 20.7 Å². The molecule has 3 aliphatic carbocycles. The maximum absolute atomic E-state index is 13.7. The number of halogens is 1. The Morgan fingerprint density at radius 3 is 2.43 bits per heavy atom. The number of aromatic hydroxyl groups is 1. The van der Waals surface area contributed by atoms with Crippen molar-refractivity contribution in [3.63, 3.8) is 0 Å². The molecule has 7 N–H and O–H groups in total. The Hall–Kier alpha value is -4.91. The number of ketones is 2. The highest BCUT2D eigenvalue weighted by Gasteiger charge is 2.60. The monoisotopic (exact) mass is 581 g/mol. The lowest BCUT2D eigenvalue weighted by atomic mass is 9.59. The van der Waals surface area contributed by atoms with E-state index in [1.165, 1.54) is 12.1 Å². The molecule has 13 heteroatoms. The number of benzene rings is 2. The van der Waals surface area contributed by atoms with Gasteiger partial charge in [0.2, 0.25) is 5.78 Å². The maximum Gasteiger partial charge on any atom is 0.412 e. The molecule has 0 radical (unpaired) electrons. The number of nitrogens with zero attached hydrogens (tertiary/aromatic N) is 1. The van der Waals surface area contributed by atoms with Crippen molar-refractivity contribution in [1.29, 1.82) is 0 Å². The number of anilines is 1. The first-order valence-electron chi connectivity index (χ1n) is 13.0. The highest BCUT2D eigenvalue weighted by atomic mass is 19.1. The third-order valence-corrected chi connectivity index (χ3v) is 8.05. The lowest BCUT2D eigenvalue weighted by molar-refractivity contribution is -0.147. The number of nitrogens with two attached hydrogens (primary N) is 1. The van der Waals surface area contributed by atoms with E-state index in [1.807, 2.05) is 0 Å². The second-order valence-corrected chi connectivity index (χ2v) is 10.8. The van der Waals surface area contributed by atoms with Gasteiger partial charge in [-0.2, -0.15) is 0 Å². The predicted molar refractivity (Wildman–Crippen MR) is 145 cm³/mol. The Morgan fingerprint density at radius 2 is 1.81 bits per heavy atom. The molecule has 3 aliphatic rings. The van der Waals surface area contributed by atoms with Crippen molar-refractivity contribution in [2.24, 2.45) is 17.6 Å². The molecule has 2 aromatic carbocycles. The van der Waals surface area contributed by atoms with Gasteiger partial charge in [-0.15, -0.1) is 0 Å². The Kier molecular flexibility index (Phi) is 6.93. The van der Waals surface area contributed by atoms with Gasteiger partial charge in [0.05, 0.1) is 5.56 Å². The SMILES string of the molecule is CN(C)c1cc(CNC(=O)Oc2ccc(F)cc2)c(O)c2c1CC1CC3CC(=O)C(C(N)=O)=C(O)C3(O)C(=O)C1=C2O. The van der Waals surface area contributed by atoms with E-state index >= 15 is 0 Å². The third kappa shape index (κ3) is 4.42. The third-order valence-electron chi connectivity index (χ3n) is 8.05. The van der Waals surface area contributed by atoms with E-state index in [0.717, 1.165) is 12.1 Å². The van der Waals surface area contributed by atoms with Gasteiger partial charge in [0.1, 0.15) is 34.4 Å². The molecule has 0 aliphatic heterocycles. The fraction of sp³-hybridized carbons (Fsp3) is 0.310. The van der Waals surface area contributed by atoms with Crippen LogP contribution in [0.5, 0.6) is 11.5 Å². The Morgan fingerprint density at radius 1 is 1.14 bits per heavy atom. The largest absolute Gasteiger partial charge is 0.508 e. The number of fused-ring (bicyclic) bond motifs is 3. The lowest BCUT2D eigenvalue weighted by Crippen LogP contribution is -2.58. The van der Waals surface area contributed by atoms with E-state index in [9.17, 15) is 44.0 Å². The number of rotatable bonds is 5. The summed E-state index contributed by atoms with van der Waals surface area (Å²) in [5.74, 6) is -7.61. The molecule has 0 heterocycles. The molecule has 2 aromatic rings. The minimum Gasteiger partial charge on any atom is -0.508 e. The number of hydrogen-bond acceptors (Lipinski definition) is 10. The van der Waals surface area contributed by atoms with Gasteiger partial charge in [-0.1, -0.05) is 0 Å². The maximum atomic E-state index is 13.7. The molecule has 2 amide bonds. The fourth-order valence-corrected chi connectivity index (χ4v) is 6.07. The predicted octanol–water partition coefficient (Wildman–Crippen LogP) is 1.92. The van der Waals surface area contributed by atoms with Crippen molar-refractivity contribution in [2.45, 2.75) is 31.4 Å². The first kappa shape index (κ1) is 28.6. The Balaban J connectivity index is 1.54. The summed E-state index contributed by atoms with van der Waals surface area (Å²) < 4.78 is 18.2. The molecule has 42 heavy (non-hydrogen) atoms. The summed E-state index contributed by atoms with van der Waals surface area (Å²) in [7, 11) is 3.45. The van der Waals surface area contributed by atoms with E-state index in [2.05, 4.69) is 5.32 Å². The van der Waals surface area contributed by atoms with Gasteiger partial charge in [0.15, 0.2) is 11.4 Å². The molecule has 3 unspecified atom stereocenters. The van der Waals surface area contributed by atoms with Crippen LogP contribution in [0.15, 0.2) is 47.2 Å². The molecule has 220 valence electrons. The number of carbonyl (C=O) groups excluding carboxylic acids is 4. The minimum absolute atomic E-state index is 0.00901. The molecular weight excluding hydrogens is 553 g/mol. The number of hydrogen-bond donors (Lipinski definition) is 6. The Labute approximate surface area is 238 Å². The smallest absolute Gasteiger partial charge is 0.412 e. The number of Topliss-reactive ketones (excluding diaryl/α,β-unsaturated/α-hetero) is 2. The molecule has 5 rings (SSSR count). The number of phenolic OH excluding ortho intramolecular Hbond substituents is 1. The van der Waals surface area contributed by atoms with Crippen LogP contribution in [0.3, 0.4) is 0 Å². The molecule has 0 saturated heterocycles. The van der Waals surface area contributed by atoms with Crippen LogP contribution in [0, 0.1) is 17.7 Å². The summed E-state index contributed by atoms with van der Waals surface area (Å²) in [5.41, 5.74) is 2.52. The number of phenols is 1. The average molecular weight is 582 g/mol. The molecule has 0 aromatic heterocycles. The number of amides is 2. The van der Waals surface area contributed by atoms with Crippen molar-refractivity contribution in [1.82, 2.24) is 5.32 Å². The first-order valence-corrected chi connectivity index (χ1v) is 13.0. The second kappa shape index (κ2) is 10.2. The lowest BCUT2D eigenvalue weighted by Gasteiger charge is -2.46. The van der Waals surface area contributed by atoms with Crippen LogP contribution >= 0.6 is 0 Å². The van der Waals surface area contributed by atoms with Gasteiger partial charge >= 0.3 is 6.09 Å². The van der Waals surface area contributed by atoms with Gasteiger partial charge in [0, 0.05) is 49.8 Å². The van der Waals surface area contributed by atoms with Crippen LogP contribution in [0.1, 0.15) is 29.5 Å². The quantitative estimate of drug-likeness (QED) is 0.284. The van der Waals surface area contributed by atoms with Gasteiger partial charge in [-0.3, -0.25) is 14.4 Å². The summed E-state index contributed by atoms with van der Waals surface area (Å²) in [5, 5.41) is 47.2. The summed E-state index contributed by atoms with van der Waals surface area (Å²) in [6.07, 6.45) is -1.17. The zero-order chi connectivity index (χ0) is 30.7. The number of ether oxygens (including phenoxy) is 1. The molecule has 3 atom stereocenters. The average Bonchev–Trinajstić information content (AvgIpc) is 2.91. The van der Waals surface area contributed by atoms with E-state index in [4.69, 9.17) is 10.5 Å². The highest BCUT2D eigenvalue weighted by Crippen LogP contribution is 2.53. The van der Waals surface area contributed by atoms with Crippen molar-refractivity contribution < 1.29 is 48.7 Å². The molecular formula is C29H28FN3O9. The van der Waals surface area contributed by atoms with Gasteiger partial charge < -0.3 is 41.1 Å². The summed E-state index contributed by atoms with van der Waals surface area (Å²) in [4.78, 5) is 52.2. The summed E-state index contributed by atoms with van der Waals surface area (Å²) in [6, 6.07) is 6.36. The van der Waals surface area contributed by atoms with Crippen LogP contribution in [-0.2, 0) is 27.3 Å². The standard InChI is InChI=1S/C29H28FN3O9/c1-33(2)18-9-13(11-32-28(40)42-16-5-3-15(30)4-6-16)23(35)21-17(18)8-12-7-14-10-19(34)22(27(31)39)26(38)29(14,41)25(37)20(12)24(21)36/h3-6,9,12,14,35-36,38,41H,7-8,10-11H2,1-2H3,(H2,31,39)(H,32,40). The zero-order valence-electron chi connectivity index (χ0n) is 22.6.